The van der Waals surface area contributed by atoms with Crippen molar-refractivity contribution in [3.63, 3.8) is 0 Å². The molecule has 0 bridgehead atoms. The number of hydrogen-bond donors (Lipinski definition) is 5. The molecule has 21 heteroatoms. The number of rotatable bonds is 8. The number of aryl methyl sites for hydroxylation is 1. The van der Waals surface area contributed by atoms with Gasteiger partial charge in [-0.05, 0) is 13.3 Å². The Morgan fingerprint density at radius 1 is 1.19 bits per heavy atom. The second kappa shape index (κ2) is 8.89. The van der Waals surface area contributed by atoms with Gasteiger partial charge in [0.25, 0.3) is 5.56 Å². The number of halogens is 3. The number of phosphoric acid groups is 3. The Hall–Kier alpha value is -1.16. The number of aromatic nitrogens is 2. The van der Waals surface area contributed by atoms with E-state index < -0.39 is 72.2 Å². The van der Waals surface area contributed by atoms with E-state index in [0.717, 1.165) is 6.92 Å². The molecule has 4 atom stereocenters. The minimum Gasteiger partial charge on any atom is -0.341 e. The highest BCUT2D eigenvalue weighted by Crippen LogP contribution is 2.66. The lowest BCUT2D eigenvalue weighted by Gasteiger charge is -2.33. The minimum absolute atomic E-state index is 0.106. The minimum atomic E-state index is -5.81. The lowest BCUT2D eigenvalue weighted by molar-refractivity contribution is -0.312. The van der Waals surface area contributed by atoms with Crippen LogP contribution in [0.3, 0.4) is 0 Å². The predicted octanol–water partition coefficient (Wildman–Crippen LogP) is 0.582. The zero-order valence-electron chi connectivity index (χ0n) is 15.7. The third-order valence-electron chi connectivity index (χ3n) is 3.96. The van der Waals surface area contributed by atoms with Gasteiger partial charge in [-0.2, -0.15) is 21.8 Å². The first-order chi connectivity index (χ1) is 14.3. The molecular weight excluding hydrogens is 518 g/mol. The molecule has 0 aliphatic carbocycles. The number of aromatic amines is 1. The van der Waals surface area contributed by atoms with Crippen LogP contribution in [0, 0.1) is 6.92 Å². The molecule has 1 saturated heterocycles. The monoisotopic (exact) mass is 534 g/mol. The van der Waals surface area contributed by atoms with Crippen molar-refractivity contribution >= 4 is 23.5 Å². The smallest absolute Gasteiger partial charge is 0.341 e. The van der Waals surface area contributed by atoms with E-state index in [-0.39, 0.29) is 10.1 Å². The number of phosphoric ester groups is 1. The molecule has 1 aliphatic rings. The number of hydrogen-bond acceptors (Lipinski definition) is 9. The topological polar surface area (TPSA) is 224 Å². The largest absolute Gasteiger partial charge is 0.490 e. The first-order valence-electron chi connectivity index (χ1n) is 8.13. The van der Waals surface area contributed by atoms with Crippen molar-refractivity contribution in [2.75, 3.05) is 6.61 Å². The molecule has 2 heterocycles. The van der Waals surface area contributed by atoms with Gasteiger partial charge >= 0.3 is 35.3 Å². The van der Waals surface area contributed by atoms with Crippen molar-refractivity contribution in [1.82, 2.24) is 9.55 Å². The molecule has 0 spiro atoms. The van der Waals surface area contributed by atoms with E-state index in [4.69, 9.17) is 19.4 Å². The van der Waals surface area contributed by atoms with Crippen LogP contribution in [0.15, 0.2) is 15.8 Å². The Bertz CT molecular complexity index is 1130. The fraction of sp³-hybridized carbons (Fsp3) is 0.636. The van der Waals surface area contributed by atoms with Crippen LogP contribution >= 0.6 is 23.5 Å². The summed E-state index contributed by atoms with van der Waals surface area (Å²) in [4.78, 5) is 60.5. The van der Waals surface area contributed by atoms with Gasteiger partial charge in [-0.15, -0.1) is 0 Å². The summed E-state index contributed by atoms with van der Waals surface area (Å²) in [6.07, 6.45) is -7.57. The normalized spacial score (nSPS) is 25.9. The molecule has 15 nitrogen and oxygen atoms in total. The quantitative estimate of drug-likeness (QED) is 0.288. The number of ether oxygens (including phenoxy) is 1. The van der Waals surface area contributed by atoms with Gasteiger partial charge in [-0.25, -0.2) is 18.5 Å². The number of H-pyrrole nitrogens is 1. The number of alkyl halides is 3. The van der Waals surface area contributed by atoms with Crippen molar-refractivity contribution in [3.8, 4) is 0 Å². The summed E-state index contributed by atoms with van der Waals surface area (Å²) >= 11 is 0. The molecule has 1 aromatic heterocycles. The molecule has 1 aromatic rings. The van der Waals surface area contributed by atoms with Crippen LogP contribution in [0.25, 0.3) is 0 Å². The highest BCUT2D eigenvalue weighted by Gasteiger charge is 2.62. The molecule has 2 unspecified atom stereocenters. The van der Waals surface area contributed by atoms with E-state index in [9.17, 15) is 41.3 Å². The van der Waals surface area contributed by atoms with E-state index in [2.05, 4.69) is 13.1 Å². The van der Waals surface area contributed by atoms with E-state index in [1.165, 1.54) is 0 Å². The highest BCUT2D eigenvalue weighted by atomic mass is 31.3. The van der Waals surface area contributed by atoms with Gasteiger partial charge in [0.2, 0.25) is 5.72 Å². The van der Waals surface area contributed by atoms with Crippen LogP contribution in [0.1, 0.15) is 18.4 Å². The van der Waals surface area contributed by atoms with Gasteiger partial charge in [0.05, 0.1) is 12.7 Å². The highest BCUT2D eigenvalue weighted by molar-refractivity contribution is 7.66. The van der Waals surface area contributed by atoms with Crippen molar-refractivity contribution < 1.29 is 64.3 Å². The van der Waals surface area contributed by atoms with E-state index >= 15 is 0 Å². The Labute approximate surface area is 175 Å². The third-order valence-corrected chi connectivity index (χ3v) is 7.76. The number of nitrogens with zero attached hydrogens (tertiary/aromatic N) is 1. The molecule has 2 rings (SSSR count). The zero-order chi connectivity index (χ0) is 24.8. The summed E-state index contributed by atoms with van der Waals surface area (Å²) < 4.78 is 91.3. The van der Waals surface area contributed by atoms with Crippen LogP contribution in [0.5, 0.6) is 0 Å². The summed E-state index contributed by atoms with van der Waals surface area (Å²) in [6.45, 7) is -0.000748. The zero-order valence-corrected chi connectivity index (χ0v) is 18.3. The fourth-order valence-corrected chi connectivity index (χ4v) is 5.75. The van der Waals surface area contributed by atoms with Crippen molar-refractivity contribution in [2.24, 2.45) is 0 Å². The van der Waals surface area contributed by atoms with E-state index in [1.54, 1.807) is 4.98 Å². The summed E-state index contributed by atoms with van der Waals surface area (Å²) in [7, 11) is -17.0. The molecule has 1 fully saturated rings. The summed E-state index contributed by atoms with van der Waals surface area (Å²) in [5, 5.41) is 0. The first kappa shape index (κ1) is 27.1. The lowest BCUT2D eigenvalue weighted by atomic mass is 10.1. The molecule has 184 valence electrons. The Morgan fingerprint density at radius 2 is 1.78 bits per heavy atom. The molecular formula is C11H16F3N2O13P3. The molecule has 32 heavy (non-hydrogen) atoms. The van der Waals surface area contributed by atoms with Crippen LogP contribution in [-0.4, -0.2) is 48.0 Å². The average molecular weight is 534 g/mol. The van der Waals surface area contributed by atoms with Crippen LogP contribution in [0.4, 0.5) is 13.2 Å². The second-order valence-corrected chi connectivity index (χ2v) is 10.8. The molecule has 0 saturated carbocycles. The van der Waals surface area contributed by atoms with Crippen molar-refractivity contribution in [1.29, 1.82) is 0 Å². The summed E-state index contributed by atoms with van der Waals surface area (Å²) in [6, 6.07) is 0. The summed E-state index contributed by atoms with van der Waals surface area (Å²) in [5.74, 6) is 0. The van der Waals surface area contributed by atoms with Crippen LogP contribution < -0.4 is 11.2 Å². The fourth-order valence-electron chi connectivity index (χ4n) is 2.71. The second-order valence-electron chi connectivity index (χ2n) is 6.39. The maximum atomic E-state index is 13.8. The lowest BCUT2D eigenvalue weighted by Crippen LogP contribution is -2.53. The summed E-state index contributed by atoms with van der Waals surface area (Å²) in [5.41, 5.74) is -5.88. The molecule has 1 aliphatic heterocycles. The third kappa shape index (κ3) is 6.46. The van der Waals surface area contributed by atoms with Crippen LogP contribution in [0.2, 0.25) is 0 Å². The van der Waals surface area contributed by atoms with Crippen molar-refractivity contribution in [2.45, 2.75) is 37.8 Å². The Morgan fingerprint density at radius 3 is 2.31 bits per heavy atom. The van der Waals surface area contributed by atoms with Gasteiger partial charge in [-0.3, -0.25) is 18.9 Å². The maximum Gasteiger partial charge on any atom is 0.490 e. The van der Waals surface area contributed by atoms with Crippen molar-refractivity contribution in [3.05, 3.63) is 32.6 Å². The van der Waals surface area contributed by atoms with Crippen LogP contribution in [-0.2, 0) is 37.3 Å². The number of nitrogens with one attached hydrogen (secondary N) is 1. The standard InChI is InChI=1S/C11H16F3N2O13P3/c1-6-4-16(9(18)15-8(6)17)10(11(12,13)14)3-2-7(27-10)5-26-31(22,23)29-32(24,25)28-30(19,20)21/h4,7H,2-3,5H2,1H3,(H,22,23)(H,24,25)(H,15,17,18)(H2,19,20,21)/t7-,10-/m0/s1. The van der Waals surface area contributed by atoms with Gasteiger partial charge in [0.15, 0.2) is 0 Å². The van der Waals surface area contributed by atoms with Gasteiger partial charge < -0.3 is 24.3 Å². The Kier molecular flexibility index (Phi) is 7.52. The maximum absolute atomic E-state index is 13.8. The molecule has 0 radical (unpaired) electrons. The van der Waals surface area contributed by atoms with Gasteiger partial charge in [-0.1, -0.05) is 0 Å². The van der Waals surface area contributed by atoms with Gasteiger partial charge in [0.1, 0.15) is 0 Å². The Balaban J connectivity index is 2.20. The molecule has 5 N–H and O–H groups in total. The molecule has 0 amide bonds. The van der Waals surface area contributed by atoms with E-state index in [0.29, 0.717) is 6.20 Å². The average Bonchev–Trinajstić information content (AvgIpc) is 2.98. The SMILES string of the molecule is Cc1cn([C@@]2(C(F)(F)F)CC[C@@H](COP(=O)(O)OP(=O)(O)OP(=O)(O)O)O2)c(=O)[nH]c1=O. The van der Waals surface area contributed by atoms with Gasteiger partial charge in [0, 0.05) is 18.2 Å². The predicted molar refractivity (Wildman–Crippen MR) is 94.0 cm³/mol. The van der Waals surface area contributed by atoms with E-state index in [1.807, 2.05) is 0 Å². The molecule has 0 aromatic carbocycles. The first-order valence-corrected chi connectivity index (χ1v) is 12.6.